The van der Waals surface area contributed by atoms with Crippen molar-refractivity contribution in [3.05, 3.63) is 58.4 Å². The monoisotopic (exact) mass is 394 g/mol. The summed E-state index contributed by atoms with van der Waals surface area (Å²) in [7, 11) is 0. The Bertz CT molecular complexity index is 1050. The van der Waals surface area contributed by atoms with Gasteiger partial charge in [-0.3, -0.25) is 10.1 Å². The lowest BCUT2D eigenvalue weighted by Gasteiger charge is -2.06. The summed E-state index contributed by atoms with van der Waals surface area (Å²) < 4.78 is 45.1. The molecule has 140 valence electrons. The molecule has 0 atom stereocenters. The minimum absolute atomic E-state index is 0.0360. The molecule has 3 rings (SSSR count). The van der Waals surface area contributed by atoms with Crippen LogP contribution < -0.4 is 5.32 Å². The molecule has 0 fully saturated rings. The van der Waals surface area contributed by atoms with Crippen LogP contribution in [0.1, 0.15) is 21.5 Å². The summed E-state index contributed by atoms with van der Waals surface area (Å²) in [5, 5.41) is 2.24. The molecule has 0 aliphatic carbocycles. The zero-order valence-electron chi connectivity index (χ0n) is 14.2. The first-order valence-electron chi connectivity index (χ1n) is 7.74. The van der Waals surface area contributed by atoms with Gasteiger partial charge < -0.3 is 4.74 Å². The molecule has 0 radical (unpaired) electrons. The number of benzene rings is 2. The maximum atomic E-state index is 13.7. The fourth-order valence-electron chi connectivity index (χ4n) is 2.49. The first-order chi connectivity index (χ1) is 12.7. The molecule has 0 unspecified atom stereocenters. The van der Waals surface area contributed by atoms with Crippen LogP contribution in [0.5, 0.6) is 0 Å². The number of nitrogens with zero attached hydrogens (tertiary/aromatic N) is 1. The largest absolute Gasteiger partial charge is 0.452 e. The molecule has 9 heteroatoms. The van der Waals surface area contributed by atoms with E-state index >= 15 is 0 Å². The van der Waals surface area contributed by atoms with Gasteiger partial charge >= 0.3 is 5.97 Å². The molecule has 0 saturated heterocycles. The predicted molar refractivity (Wildman–Crippen MR) is 94.3 cm³/mol. The number of hydrogen-bond donors (Lipinski definition) is 1. The summed E-state index contributed by atoms with van der Waals surface area (Å²) in [6.45, 7) is 3.07. The number of aryl methyl sites for hydroxylation is 2. The zero-order valence-corrected chi connectivity index (χ0v) is 15.0. The highest BCUT2D eigenvalue weighted by molar-refractivity contribution is 7.22. The van der Waals surface area contributed by atoms with Crippen LogP contribution in [0.2, 0.25) is 0 Å². The molecule has 3 aromatic rings. The number of esters is 1. The minimum Gasteiger partial charge on any atom is -0.452 e. The minimum atomic E-state index is -1.63. The van der Waals surface area contributed by atoms with Gasteiger partial charge in [0.05, 0.1) is 10.3 Å². The summed E-state index contributed by atoms with van der Waals surface area (Å²) in [5.74, 6) is -5.79. The summed E-state index contributed by atoms with van der Waals surface area (Å²) in [5.41, 5.74) is 1.68. The molecule has 1 amide bonds. The quantitative estimate of drug-likeness (QED) is 0.534. The second kappa shape index (κ2) is 7.36. The van der Waals surface area contributed by atoms with Crippen LogP contribution in [0.4, 0.5) is 18.3 Å². The third kappa shape index (κ3) is 4.08. The number of fused-ring (bicyclic) bond motifs is 1. The number of ether oxygens (including phenoxy) is 1. The number of carbonyl (C=O) groups is 2. The number of halogens is 3. The van der Waals surface area contributed by atoms with E-state index < -0.39 is 35.9 Å². The van der Waals surface area contributed by atoms with Crippen molar-refractivity contribution < 1.29 is 27.5 Å². The van der Waals surface area contributed by atoms with Gasteiger partial charge in [0.15, 0.2) is 29.2 Å². The van der Waals surface area contributed by atoms with Crippen molar-refractivity contribution in [2.45, 2.75) is 13.8 Å². The van der Waals surface area contributed by atoms with Crippen LogP contribution in [0.3, 0.4) is 0 Å². The standard InChI is InChI=1S/C18H13F3N2O3S/c1-8-3-9(2)5-10(4-8)17(25)26-7-13(24)22-18-23-16-12(27-18)6-11(19)14(20)15(16)21/h3-6H,7H2,1-2H3,(H,22,23,24). The lowest BCUT2D eigenvalue weighted by molar-refractivity contribution is -0.119. The third-order valence-electron chi connectivity index (χ3n) is 3.56. The van der Waals surface area contributed by atoms with E-state index in [2.05, 4.69) is 10.3 Å². The van der Waals surface area contributed by atoms with Gasteiger partial charge in [-0.15, -0.1) is 0 Å². The van der Waals surface area contributed by atoms with Gasteiger partial charge in [-0.05, 0) is 32.0 Å². The average molecular weight is 394 g/mol. The third-order valence-corrected chi connectivity index (χ3v) is 4.48. The predicted octanol–water partition coefficient (Wildman–Crippen LogP) is 4.13. The number of rotatable bonds is 4. The highest BCUT2D eigenvalue weighted by atomic mass is 32.1. The van der Waals surface area contributed by atoms with Gasteiger partial charge in [-0.1, -0.05) is 28.5 Å². The smallest absolute Gasteiger partial charge is 0.338 e. The van der Waals surface area contributed by atoms with E-state index in [0.717, 1.165) is 28.5 Å². The van der Waals surface area contributed by atoms with Crippen molar-refractivity contribution in [1.29, 1.82) is 0 Å². The molecule has 0 bridgehead atoms. The topological polar surface area (TPSA) is 68.3 Å². The summed E-state index contributed by atoms with van der Waals surface area (Å²) in [6, 6.07) is 5.95. The highest BCUT2D eigenvalue weighted by Gasteiger charge is 2.19. The maximum Gasteiger partial charge on any atom is 0.338 e. The molecular weight excluding hydrogens is 381 g/mol. The molecule has 1 aromatic heterocycles. The lowest BCUT2D eigenvalue weighted by Crippen LogP contribution is -2.20. The normalized spacial score (nSPS) is 10.9. The highest BCUT2D eigenvalue weighted by Crippen LogP contribution is 2.30. The Morgan fingerprint density at radius 1 is 1.07 bits per heavy atom. The summed E-state index contributed by atoms with van der Waals surface area (Å²) >= 11 is 0.767. The Balaban J connectivity index is 1.66. The zero-order chi connectivity index (χ0) is 19.7. The fourth-order valence-corrected chi connectivity index (χ4v) is 3.39. The first-order valence-corrected chi connectivity index (χ1v) is 8.55. The number of nitrogens with one attached hydrogen (secondary N) is 1. The molecule has 1 heterocycles. The van der Waals surface area contributed by atoms with Crippen LogP contribution in [0.25, 0.3) is 10.2 Å². The maximum absolute atomic E-state index is 13.7. The molecule has 2 aromatic carbocycles. The average Bonchev–Trinajstić information content (AvgIpc) is 2.99. The second-order valence-corrected chi connectivity index (χ2v) is 6.88. The number of anilines is 1. The van der Waals surface area contributed by atoms with Crippen molar-refractivity contribution in [3.8, 4) is 0 Å². The number of hydrogen-bond acceptors (Lipinski definition) is 5. The first kappa shape index (κ1) is 18.8. The van der Waals surface area contributed by atoms with Gasteiger partial charge in [0.1, 0.15) is 5.52 Å². The van der Waals surface area contributed by atoms with Crippen molar-refractivity contribution in [2.24, 2.45) is 0 Å². The van der Waals surface area contributed by atoms with Crippen LogP contribution in [-0.4, -0.2) is 23.5 Å². The molecule has 0 saturated carbocycles. The van der Waals surface area contributed by atoms with E-state index in [1.54, 1.807) is 12.1 Å². The van der Waals surface area contributed by atoms with Gasteiger partial charge in [0.2, 0.25) is 0 Å². The van der Waals surface area contributed by atoms with E-state index in [0.29, 0.717) is 5.56 Å². The van der Waals surface area contributed by atoms with Crippen molar-refractivity contribution in [2.75, 3.05) is 11.9 Å². The Kier molecular flexibility index (Phi) is 5.13. The summed E-state index contributed by atoms with van der Waals surface area (Å²) in [6.07, 6.45) is 0. The van der Waals surface area contributed by atoms with Gasteiger partial charge in [0.25, 0.3) is 5.91 Å². The van der Waals surface area contributed by atoms with Crippen LogP contribution in [0.15, 0.2) is 24.3 Å². The van der Waals surface area contributed by atoms with Crippen LogP contribution in [-0.2, 0) is 9.53 Å². The van der Waals surface area contributed by atoms with Gasteiger partial charge in [-0.2, -0.15) is 0 Å². The Morgan fingerprint density at radius 2 is 1.74 bits per heavy atom. The summed E-state index contributed by atoms with van der Waals surface area (Å²) in [4.78, 5) is 27.7. The van der Waals surface area contributed by atoms with Crippen molar-refractivity contribution in [1.82, 2.24) is 4.98 Å². The van der Waals surface area contributed by atoms with Gasteiger partial charge in [-0.25, -0.2) is 22.9 Å². The van der Waals surface area contributed by atoms with E-state index in [9.17, 15) is 22.8 Å². The van der Waals surface area contributed by atoms with E-state index in [-0.39, 0.29) is 15.3 Å². The van der Waals surface area contributed by atoms with Gasteiger partial charge in [0, 0.05) is 0 Å². The molecule has 27 heavy (non-hydrogen) atoms. The Morgan fingerprint density at radius 3 is 2.41 bits per heavy atom. The van der Waals surface area contributed by atoms with E-state index in [1.165, 1.54) is 0 Å². The molecule has 1 N–H and O–H groups in total. The lowest BCUT2D eigenvalue weighted by atomic mass is 10.1. The molecular formula is C18H13F3N2O3S. The number of aromatic nitrogens is 1. The number of amides is 1. The SMILES string of the molecule is Cc1cc(C)cc(C(=O)OCC(=O)Nc2nc3c(F)c(F)c(F)cc3s2)c1. The molecule has 0 spiro atoms. The number of thiazole rings is 1. The number of carbonyl (C=O) groups excluding carboxylic acids is 2. The van der Waals surface area contributed by atoms with E-state index in [4.69, 9.17) is 4.74 Å². The van der Waals surface area contributed by atoms with Crippen LogP contribution in [0, 0.1) is 31.3 Å². The van der Waals surface area contributed by atoms with Crippen molar-refractivity contribution in [3.63, 3.8) is 0 Å². The second-order valence-electron chi connectivity index (χ2n) is 5.85. The molecule has 5 nitrogen and oxygen atoms in total. The van der Waals surface area contributed by atoms with Crippen LogP contribution >= 0.6 is 11.3 Å². The van der Waals surface area contributed by atoms with Crippen molar-refractivity contribution >= 4 is 38.6 Å². The Hall–Kier alpha value is -2.94. The fraction of sp³-hybridized carbons (Fsp3) is 0.167. The molecule has 0 aliphatic heterocycles. The molecule has 0 aliphatic rings. The van der Waals surface area contributed by atoms with E-state index in [1.807, 2.05) is 19.9 Å². The Labute approximate surface area is 155 Å².